The van der Waals surface area contributed by atoms with E-state index >= 15 is 0 Å². The van der Waals surface area contributed by atoms with Gasteiger partial charge < -0.3 is 19.1 Å². The standard InChI is InChI=1S/C4H10NO.2C4H9N.2C3H9B.C3H8NO.2C3H9N.C3H9OP.C3H8OS.C3H9PS.2C3H9P.C3H8S.2C2H6O2S.C2H6OS.C2H6O.C2H6S.18CH4.3Y/c1-4(2)5(3)6;2*1-4(2)5-3;2*1-4(2)3;1-3-4(2)5;2*1-4(2)3;2*1-5(2,3)4;1-4(2,3)5;3*1-4(2)3;2*1-5(2,3)4;1-4(2)3;2*1-3-2;;;;;;;;;;;;;;;;;;;;;/h6H,1-3H3;2*1-3H3;2*1-3H3;3,5H,1-2H3;2*1-3H3;1-3H3;1H2,2-3H3;1-3H3;2*1-3H3;1H2,2-3H3;2*1-2H3;1-2H3;2*1-2H3;18*1H4;;;/q+1;;;;-1;+1;;;;;;;;;;;;;;;;;;;;;;;;;;;;;;;;;;/p+1/b;;;;;4-3-;;;;;;;;;;;;;;;;;;;;;;;;;;;;;;;;;;. The molecule has 0 bridgehead atoms. The molecule has 0 unspecified atom stereocenters. The van der Waals surface area contributed by atoms with Crippen molar-refractivity contribution in [1.29, 1.82) is 0 Å². The Balaban J connectivity index is -0.0000000111. The molecule has 0 aliphatic carbocycles. The van der Waals surface area contributed by atoms with E-state index in [1.807, 2.05) is 106 Å². The molecule has 2 N–H and O–H groups in total. The predicted molar refractivity (Wildman–Crippen MR) is 556 cm³/mol. The first-order valence-electron chi connectivity index (χ1n) is 26.0. The van der Waals surface area contributed by atoms with Crippen molar-refractivity contribution in [3.8, 4) is 0 Å². The largest absolute Gasteiger partial charge is 0.388 e. The molecular weight excluding hydrogens is 1760 g/mol. The fraction of sp³-hybridized carbons (Fsp3) is 0.918. The summed E-state index contributed by atoms with van der Waals surface area (Å²) in [5.41, 5.74) is 3.16. The maximum atomic E-state index is 10.2. The van der Waals surface area contributed by atoms with Crippen molar-refractivity contribution >= 4 is 152 Å². The van der Waals surface area contributed by atoms with Crippen LogP contribution in [0.2, 0.25) is 40.9 Å². The molecular formula is C73H227B2N6O10P4S7Y3+2. The van der Waals surface area contributed by atoms with Crippen LogP contribution in [0.25, 0.3) is 0 Å². The van der Waals surface area contributed by atoms with Crippen LogP contribution in [0, 0.1) is 0 Å². The van der Waals surface area contributed by atoms with E-state index in [-0.39, 0.29) is 240 Å². The number of ether oxygens (including phenoxy) is 1. The number of hydroxylamine groups is 2. The van der Waals surface area contributed by atoms with Gasteiger partial charge in [0.25, 0.3) is 0 Å². The Hall–Kier alpha value is 3.98. The molecule has 16 nitrogen and oxygen atoms in total. The Morgan fingerprint density at radius 1 is 0.581 bits per heavy atom. The molecule has 0 aliphatic heterocycles. The third-order valence-corrected chi connectivity index (χ3v) is 1.92. The molecule has 0 aromatic carbocycles. The number of hydrogen-bond acceptors (Lipinski definition) is 16. The maximum Gasteiger partial charge on any atom is 0.197 e. The van der Waals surface area contributed by atoms with Crippen LogP contribution < -0.4 is 0 Å². The van der Waals surface area contributed by atoms with E-state index in [2.05, 4.69) is 140 Å². The van der Waals surface area contributed by atoms with Gasteiger partial charge in [-0.3, -0.25) is 28.8 Å². The van der Waals surface area contributed by atoms with E-state index in [9.17, 15) is 29.8 Å². The first-order chi connectivity index (χ1) is 36.1. The van der Waals surface area contributed by atoms with E-state index in [0.29, 0.717) is 18.4 Å². The summed E-state index contributed by atoms with van der Waals surface area (Å²) in [5.74, 6) is 6.97. The Labute approximate surface area is 777 Å². The third kappa shape index (κ3) is 6200. The van der Waals surface area contributed by atoms with Crippen LogP contribution in [0.3, 0.4) is 0 Å². The quantitative estimate of drug-likeness (QED) is 0.0440. The van der Waals surface area contributed by atoms with Gasteiger partial charge in [-0.25, -0.2) is 37.3 Å². The van der Waals surface area contributed by atoms with Crippen LogP contribution >= 0.6 is 51.3 Å². The van der Waals surface area contributed by atoms with Crippen molar-refractivity contribution in [2.24, 2.45) is 9.98 Å². The zero-order valence-corrected chi connectivity index (χ0v) is 84.8. The first kappa shape index (κ1) is 267. The zero-order valence-electron chi connectivity index (χ0n) is 66.9. The minimum atomic E-state index is -2.67. The average molecular weight is 1990 g/mol. The van der Waals surface area contributed by atoms with Crippen LogP contribution in [-0.2, 0) is 159 Å². The second-order valence-electron chi connectivity index (χ2n) is 23.7. The normalized spacial score (nSPS) is 7.45. The van der Waals surface area contributed by atoms with Crippen LogP contribution in [-0.4, -0.2) is 343 Å². The number of rotatable bonds is 0. The SMILES string of the molecule is C.C.C.C.C.C.C.C.C.C.C.C.C.C.C.C.C.C.C/C=[N+](/C)O.C=S(C)(C)=O.C=S(C)C.CB(C)C.CC(C)=[N+](C)O.CN(C)C.CN(C)C.CN=C(C)C.CN=C(C)C.COC.CP(C)(C)=O.CP(C)(C)=S.CP(C)C.CS(C)(=O)=O.CS(C)(=O)=O.CS(C)=O.CSC.C[B-](C)C.C[PH+](C)C.[Y].[Y].[Y]. The van der Waals surface area contributed by atoms with Crippen LogP contribution in [0.15, 0.2) is 9.98 Å². The topological polar surface area (TPSA) is 206 Å². The van der Waals surface area contributed by atoms with Crippen molar-refractivity contribution in [1.82, 2.24) is 9.80 Å². The van der Waals surface area contributed by atoms with Crippen LogP contribution in [0.4, 0.5) is 0 Å². The smallest absolute Gasteiger partial charge is 0.197 e. The van der Waals surface area contributed by atoms with Gasteiger partial charge in [0.05, 0.1) is 7.14 Å². The molecule has 0 saturated carbocycles. The van der Waals surface area contributed by atoms with E-state index in [0.717, 1.165) is 65.1 Å². The molecule has 0 spiro atoms. The number of sulfone groups is 2. The Bertz CT molecular complexity index is 1600. The van der Waals surface area contributed by atoms with Gasteiger partial charge in [0.15, 0.2) is 26.0 Å². The van der Waals surface area contributed by atoms with E-state index in [1.54, 1.807) is 112 Å². The third-order valence-electron chi connectivity index (χ3n) is 1.92. The number of thioether (sulfide) groups is 1. The van der Waals surface area contributed by atoms with Crippen molar-refractivity contribution < 1.29 is 153 Å². The molecule has 4 radical (unpaired) electrons. The van der Waals surface area contributed by atoms with Gasteiger partial charge in [0, 0.05) is 239 Å². The van der Waals surface area contributed by atoms with E-state index in [4.69, 9.17) is 22.2 Å². The molecule has 0 heterocycles. The maximum absolute atomic E-state index is 10.2. The minimum absolute atomic E-state index is 0. The van der Waals surface area contributed by atoms with Crippen molar-refractivity contribution in [3.05, 3.63) is 0 Å². The molecule has 0 rings (SSSR count). The number of aliphatic imine (C=N–C) groups is 2. The van der Waals surface area contributed by atoms with Crippen molar-refractivity contribution in [2.75, 3.05) is 240 Å². The monoisotopic (exact) mass is 1990 g/mol. The molecule has 32 heteroatoms. The molecule has 0 aromatic rings. The van der Waals surface area contributed by atoms with Crippen LogP contribution in [0.5, 0.6) is 0 Å². The molecule has 0 aliphatic rings. The summed E-state index contributed by atoms with van der Waals surface area (Å²) in [6, 6.07) is -0.806. The summed E-state index contributed by atoms with van der Waals surface area (Å²) in [5, 5.41) is 16.6. The van der Waals surface area contributed by atoms with E-state index in [1.165, 1.54) is 0 Å². The van der Waals surface area contributed by atoms with Gasteiger partial charge in [-0.2, -0.15) is 22.2 Å². The second kappa shape index (κ2) is 203. The summed E-state index contributed by atoms with van der Waals surface area (Å²) < 4.78 is 74.7. The van der Waals surface area contributed by atoms with Crippen molar-refractivity contribution in [3.63, 3.8) is 0 Å². The molecule has 0 aromatic heterocycles. The molecule has 0 fully saturated rings. The van der Waals surface area contributed by atoms with Gasteiger partial charge >= 0.3 is 0 Å². The molecule has 0 saturated heterocycles. The summed E-state index contributed by atoms with van der Waals surface area (Å²) in [4.78, 5) is 11.6. The fourth-order valence-corrected chi connectivity index (χ4v) is 0. The van der Waals surface area contributed by atoms with Gasteiger partial charge in [0.1, 0.15) is 26.4 Å². The second-order valence-corrected chi connectivity index (χ2v) is 51.9. The Morgan fingerprint density at radius 2 is 0.610 bits per heavy atom. The summed E-state index contributed by atoms with van der Waals surface area (Å²) >= 11 is 6.69. The van der Waals surface area contributed by atoms with Gasteiger partial charge in [0.2, 0.25) is 0 Å². The predicted octanol–water partition coefficient (Wildman–Crippen LogP) is 23.8. The summed E-state index contributed by atoms with van der Waals surface area (Å²) in [6.07, 6.45) is 20.9. The average Bonchev–Trinajstić information content (AvgIpc) is 3.11. The molecule has 105 heavy (non-hydrogen) atoms. The zero-order chi connectivity index (χ0) is 74.5. The molecule has 0 amide bonds. The molecule has 0 atom stereocenters. The number of methoxy groups -OCH3 is 1. The number of nitrogens with zero attached hydrogens (tertiary/aromatic N) is 6. The Kier molecular flexibility index (Phi) is 517. The summed E-state index contributed by atoms with van der Waals surface area (Å²) in [7, 11) is 13.6. The fourth-order valence-electron chi connectivity index (χ4n) is 0. The van der Waals surface area contributed by atoms with Gasteiger partial charge in [-0.05, 0) is 188 Å². The van der Waals surface area contributed by atoms with Gasteiger partial charge in [-0.15, -0.1) is 14.6 Å². The minimum Gasteiger partial charge on any atom is -0.388 e. The Morgan fingerprint density at radius 3 is 0.610 bits per heavy atom. The van der Waals surface area contributed by atoms with Crippen molar-refractivity contribution in [2.45, 2.75) is 223 Å². The first-order valence-corrected chi connectivity index (χ1v) is 51.9. The van der Waals surface area contributed by atoms with Crippen LogP contribution in [0.1, 0.15) is 182 Å². The summed E-state index contributed by atoms with van der Waals surface area (Å²) in [6.45, 7) is 53.0. The molecule has 684 valence electrons. The van der Waals surface area contributed by atoms with E-state index < -0.39 is 53.2 Å². The number of hydrogen-bond donors (Lipinski definition) is 2. The van der Waals surface area contributed by atoms with Gasteiger partial charge in [-0.1, -0.05) is 178 Å².